The molecule has 19 heavy (non-hydrogen) atoms. The molecule has 1 aromatic carbocycles. The minimum absolute atomic E-state index is 0.0662. The van der Waals surface area contributed by atoms with Crippen molar-refractivity contribution in [2.45, 2.75) is 25.7 Å². The van der Waals surface area contributed by atoms with Crippen LogP contribution in [0.2, 0.25) is 0 Å². The molecule has 0 aliphatic carbocycles. The number of halogens is 2. The Bertz CT molecular complexity index is 435. The molecule has 0 saturated carbocycles. The molecule has 0 fully saturated rings. The fraction of sp³-hybridized carbons (Fsp3) is 0.500. The molecule has 0 radical (unpaired) electrons. The third-order valence-electron chi connectivity index (χ3n) is 2.81. The number of ether oxygens (including phenoxy) is 2. The highest BCUT2D eigenvalue weighted by Crippen LogP contribution is 2.30. The van der Waals surface area contributed by atoms with Gasteiger partial charge in [-0.05, 0) is 18.9 Å². The van der Waals surface area contributed by atoms with Crippen LogP contribution in [0.25, 0.3) is 0 Å². The van der Waals surface area contributed by atoms with Crippen molar-refractivity contribution in [3.63, 3.8) is 0 Å². The molecule has 0 aliphatic rings. The first kappa shape index (κ1) is 16.0. The quantitative estimate of drug-likeness (QED) is 0.410. The van der Waals surface area contributed by atoms with Crippen LogP contribution in [-0.2, 0) is 0 Å². The molecule has 106 valence electrons. The molecule has 1 rings (SSSR count). The molecule has 0 bridgehead atoms. The maximum absolute atomic E-state index is 13.8. The van der Waals surface area contributed by atoms with Gasteiger partial charge >= 0.3 is 0 Å². The SMILES string of the molecule is COc1cc(F)c(C(=O)CCCCCBr)cc1OC. The fourth-order valence-corrected chi connectivity index (χ4v) is 2.16. The second-order valence-electron chi connectivity index (χ2n) is 4.11. The summed E-state index contributed by atoms with van der Waals surface area (Å²) in [5.41, 5.74) is 0.0662. The summed E-state index contributed by atoms with van der Waals surface area (Å²) in [6.45, 7) is 0. The third-order valence-corrected chi connectivity index (χ3v) is 3.37. The van der Waals surface area contributed by atoms with Crippen molar-refractivity contribution in [1.29, 1.82) is 0 Å². The lowest BCUT2D eigenvalue weighted by Crippen LogP contribution is -2.04. The van der Waals surface area contributed by atoms with E-state index in [9.17, 15) is 9.18 Å². The van der Waals surface area contributed by atoms with Crippen molar-refractivity contribution in [2.75, 3.05) is 19.5 Å². The molecule has 5 heteroatoms. The monoisotopic (exact) mass is 332 g/mol. The van der Waals surface area contributed by atoms with E-state index in [1.165, 1.54) is 26.4 Å². The number of unbranched alkanes of at least 4 members (excludes halogenated alkanes) is 2. The standard InChI is InChI=1S/C14H18BrFO3/c1-18-13-8-10(11(16)9-14(13)19-2)12(17)6-4-3-5-7-15/h8-9H,3-7H2,1-2H3. The molecule has 0 unspecified atom stereocenters. The minimum Gasteiger partial charge on any atom is -0.493 e. The Morgan fingerprint density at radius 2 is 1.79 bits per heavy atom. The van der Waals surface area contributed by atoms with Gasteiger partial charge in [-0.3, -0.25) is 4.79 Å². The van der Waals surface area contributed by atoms with E-state index in [2.05, 4.69) is 15.9 Å². The average Bonchev–Trinajstić information content (AvgIpc) is 2.42. The number of rotatable bonds is 8. The van der Waals surface area contributed by atoms with Crippen LogP contribution in [0.1, 0.15) is 36.0 Å². The maximum atomic E-state index is 13.8. The Labute approximate surface area is 121 Å². The Balaban J connectivity index is 2.79. The van der Waals surface area contributed by atoms with E-state index in [1.807, 2.05) is 0 Å². The zero-order valence-corrected chi connectivity index (χ0v) is 12.8. The second-order valence-corrected chi connectivity index (χ2v) is 4.90. The summed E-state index contributed by atoms with van der Waals surface area (Å²) in [5, 5.41) is 0.923. The molecule has 0 spiro atoms. The van der Waals surface area contributed by atoms with E-state index >= 15 is 0 Å². The number of benzene rings is 1. The largest absolute Gasteiger partial charge is 0.493 e. The number of carbonyl (C=O) groups is 1. The highest BCUT2D eigenvalue weighted by atomic mass is 79.9. The Morgan fingerprint density at radius 1 is 1.16 bits per heavy atom. The summed E-state index contributed by atoms with van der Waals surface area (Å²) < 4.78 is 23.9. The zero-order valence-electron chi connectivity index (χ0n) is 11.2. The van der Waals surface area contributed by atoms with Gasteiger partial charge in [0, 0.05) is 17.8 Å². The summed E-state index contributed by atoms with van der Waals surface area (Å²) in [4.78, 5) is 11.9. The summed E-state index contributed by atoms with van der Waals surface area (Å²) >= 11 is 3.33. The van der Waals surface area contributed by atoms with Gasteiger partial charge in [0.15, 0.2) is 17.3 Å². The number of carbonyl (C=O) groups excluding carboxylic acids is 1. The van der Waals surface area contributed by atoms with E-state index in [0.717, 1.165) is 24.6 Å². The number of ketones is 1. The smallest absolute Gasteiger partial charge is 0.165 e. The molecule has 0 amide bonds. The van der Waals surface area contributed by atoms with Gasteiger partial charge in [-0.25, -0.2) is 4.39 Å². The van der Waals surface area contributed by atoms with Gasteiger partial charge in [0.05, 0.1) is 19.8 Å². The Hall–Kier alpha value is -1.10. The number of hydrogen-bond acceptors (Lipinski definition) is 3. The number of hydrogen-bond donors (Lipinski definition) is 0. The molecule has 0 saturated heterocycles. The lowest BCUT2D eigenvalue weighted by Gasteiger charge is -2.10. The average molecular weight is 333 g/mol. The Morgan fingerprint density at radius 3 is 2.37 bits per heavy atom. The van der Waals surface area contributed by atoms with Crippen molar-refractivity contribution in [1.82, 2.24) is 0 Å². The van der Waals surface area contributed by atoms with Crippen LogP contribution >= 0.6 is 15.9 Å². The van der Waals surface area contributed by atoms with Gasteiger partial charge in [0.1, 0.15) is 5.82 Å². The van der Waals surface area contributed by atoms with Crippen LogP contribution in [0.5, 0.6) is 11.5 Å². The molecule has 3 nitrogen and oxygen atoms in total. The molecule has 0 atom stereocenters. The van der Waals surface area contributed by atoms with Gasteiger partial charge in [-0.2, -0.15) is 0 Å². The molecule has 0 aromatic heterocycles. The van der Waals surface area contributed by atoms with Gasteiger partial charge in [0.25, 0.3) is 0 Å². The van der Waals surface area contributed by atoms with Crippen molar-refractivity contribution in [3.8, 4) is 11.5 Å². The molecular weight excluding hydrogens is 315 g/mol. The van der Waals surface area contributed by atoms with Crippen LogP contribution in [0, 0.1) is 5.82 Å². The molecular formula is C14H18BrFO3. The summed E-state index contributed by atoms with van der Waals surface area (Å²) in [6.07, 6.45) is 3.07. The summed E-state index contributed by atoms with van der Waals surface area (Å²) in [5.74, 6) is -0.111. The number of alkyl halides is 1. The minimum atomic E-state index is -0.567. The summed E-state index contributed by atoms with van der Waals surface area (Å²) in [6, 6.07) is 2.59. The van der Waals surface area contributed by atoms with Crippen molar-refractivity contribution in [3.05, 3.63) is 23.5 Å². The summed E-state index contributed by atoms with van der Waals surface area (Å²) in [7, 11) is 2.89. The first-order valence-corrected chi connectivity index (χ1v) is 7.26. The van der Waals surface area contributed by atoms with E-state index in [0.29, 0.717) is 12.2 Å². The third kappa shape index (κ3) is 4.49. The number of methoxy groups -OCH3 is 2. The van der Waals surface area contributed by atoms with Crippen molar-refractivity contribution < 1.29 is 18.7 Å². The van der Waals surface area contributed by atoms with E-state index in [-0.39, 0.29) is 17.1 Å². The molecule has 0 heterocycles. The van der Waals surface area contributed by atoms with E-state index in [4.69, 9.17) is 9.47 Å². The van der Waals surface area contributed by atoms with Gasteiger partial charge in [0.2, 0.25) is 0 Å². The van der Waals surface area contributed by atoms with Crippen LogP contribution < -0.4 is 9.47 Å². The van der Waals surface area contributed by atoms with E-state index in [1.54, 1.807) is 0 Å². The van der Waals surface area contributed by atoms with Crippen LogP contribution in [0.15, 0.2) is 12.1 Å². The van der Waals surface area contributed by atoms with Gasteiger partial charge < -0.3 is 9.47 Å². The lowest BCUT2D eigenvalue weighted by molar-refractivity contribution is 0.0975. The van der Waals surface area contributed by atoms with Crippen molar-refractivity contribution >= 4 is 21.7 Å². The first-order chi connectivity index (χ1) is 9.13. The highest BCUT2D eigenvalue weighted by Gasteiger charge is 2.16. The topological polar surface area (TPSA) is 35.5 Å². The fourth-order valence-electron chi connectivity index (χ4n) is 1.76. The van der Waals surface area contributed by atoms with Gasteiger partial charge in [-0.1, -0.05) is 22.4 Å². The van der Waals surface area contributed by atoms with Crippen LogP contribution in [0.3, 0.4) is 0 Å². The zero-order chi connectivity index (χ0) is 14.3. The maximum Gasteiger partial charge on any atom is 0.165 e. The number of Topliss-reactive ketones (excluding diaryl/α,β-unsaturated/α-hetero) is 1. The lowest BCUT2D eigenvalue weighted by atomic mass is 10.0. The predicted molar refractivity (Wildman–Crippen MR) is 76.1 cm³/mol. The highest BCUT2D eigenvalue weighted by molar-refractivity contribution is 9.09. The molecule has 0 aliphatic heterocycles. The van der Waals surface area contributed by atoms with E-state index < -0.39 is 5.82 Å². The predicted octanol–water partition coefficient (Wildman–Crippen LogP) is 3.98. The van der Waals surface area contributed by atoms with Crippen LogP contribution in [0.4, 0.5) is 4.39 Å². The van der Waals surface area contributed by atoms with Crippen molar-refractivity contribution in [2.24, 2.45) is 0 Å². The first-order valence-electron chi connectivity index (χ1n) is 6.14. The second kappa shape index (κ2) is 8.15. The molecule has 1 aromatic rings. The van der Waals surface area contributed by atoms with Crippen LogP contribution in [-0.4, -0.2) is 25.3 Å². The molecule has 0 N–H and O–H groups in total. The Kier molecular flexibility index (Phi) is 6.84. The normalized spacial score (nSPS) is 10.3. The van der Waals surface area contributed by atoms with Gasteiger partial charge in [-0.15, -0.1) is 0 Å².